The number of rotatable bonds is 7. The molecule has 27 heavy (non-hydrogen) atoms. The van der Waals surface area contributed by atoms with Crippen LogP contribution in [0.25, 0.3) is 0 Å². The molecule has 1 aromatic heterocycles. The maximum absolute atomic E-state index is 12.0. The van der Waals surface area contributed by atoms with Gasteiger partial charge >= 0.3 is 13.5 Å². The van der Waals surface area contributed by atoms with Crippen LogP contribution in [0, 0.1) is 3.57 Å². The van der Waals surface area contributed by atoms with Crippen molar-refractivity contribution in [1.29, 1.82) is 0 Å². The number of aromatic nitrogens is 2. The van der Waals surface area contributed by atoms with Crippen molar-refractivity contribution >= 4 is 30.4 Å². The molecule has 0 aromatic carbocycles. The number of phosphoric acid groups is 1. The molecule has 4 atom stereocenters. The van der Waals surface area contributed by atoms with Crippen molar-refractivity contribution in [3.05, 3.63) is 30.6 Å². The lowest BCUT2D eigenvalue weighted by Gasteiger charge is -2.34. The van der Waals surface area contributed by atoms with Crippen LogP contribution in [0.4, 0.5) is 0 Å². The lowest BCUT2D eigenvalue weighted by atomic mass is 9.88. The highest BCUT2D eigenvalue weighted by Crippen LogP contribution is 2.47. The molecule has 0 radical (unpaired) electrons. The van der Waals surface area contributed by atoms with Crippen LogP contribution >= 0.6 is 30.4 Å². The number of aliphatic hydroxyl groups excluding tert-OH is 2. The highest BCUT2D eigenvalue weighted by molar-refractivity contribution is 14.1. The average molecular weight is 520 g/mol. The minimum absolute atomic E-state index is 0.116. The summed E-state index contributed by atoms with van der Waals surface area (Å²) in [5, 5.41) is 20.7. The number of nitrogens with one attached hydrogen (secondary N) is 1. The van der Waals surface area contributed by atoms with Gasteiger partial charge in [-0.15, -0.1) is 0 Å². The maximum atomic E-state index is 12.0. The molecular weight excluding hydrogens is 498 g/mol. The number of aromatic amines is 1. The Balaban J connectivity index is 2.31. The van der Waals surface area contributed by atoms with E-state index in [0.29, 0.717) is 0 Å². The summed E-state index contributed by atoms with van der Waals surface area (Å²) in [6, 6.07) is 0. The average Bonchev–Trinajstić information content (AvgIpc) is 2.84. The Morgan fingerprint density at radius 2 is 1.89 bits per heavy atom. The Hall–Kier alpha value is -0.600. The molecule has 0 spiro atoms. The number of phosphoric ester groups is 1. The molecule has 1 aliphatic rings. The van der Waals surface area contributed by atoms with Gasteiger partial charge in [0, 0.05) is 12.6 Å². The van der Waals surface area contributed by atoms with Gasteiger partial charge in [0.15, 0.2) is 6.23 Å². The normalized spacial score (nSPS) is 26.5. The van der Waals surface area contributed by atoms with Crippen molar-refractivity contribution in [2.24, 2.45) is 0 Å². The van der Waals surface area contributed by atoms with Crippen LogP contribution in [0.15, 0.2) is 15.8 Å². The Morgan fingerprint density at radius 1 is 1.30 bits per heavy atom. The van der Waals surface area contributed by atoms with Crippen LogP contribution in [-0.4, -0.2) is 53.5 Å². The van der Waals surface area contributed by atoms with Gasteiger partial charge in [0.1, 0.15) is 12.2 Å². The summed E-state index contributed by atoms with van der Waals surface area (Å²) in [6.45, 7) is 3.34. The zero-order valence-corrected chi connectivity index (χ0v) is 17.7. The van der Waals surface area contributed by atoms with E-state index in [4.69, 9.17) is 9.26 Å². The SMILES string of the molecule is CCC(CC)(C[C@H]1O[C@@H](n2cc(I)c(=O)[nH]c2=O)[C@H](O)[C@@H]1O)OP(=O)(O)O. The van der Waals surface area contributed by atoms with E-state index in [1.165, 1.54) is 6.20 Å². The lowest BCUT2D eigenvalue weighted by Crippen LogP contribution is -2.40. The number of nitrogens with zero attached hydrogens (tertiary/aromatic N) is 1. The second-order valence-corrected chi connectivity index (χ2v) is 8.69. The summed E-state index contributed by atoms with van der Waals surface area (Å²) < 4.78 is 23.0. The molecule has 1 aromatic rings. The second kappa shape index (κ2) is 8.41. The summed E-state index contributed by atoms with van der Waals surface area (Å²) in [5.74, 6) is 0. The van der Waals surface area contributed by atoms with Gasteiger partial charge < -0.3 is 24.7 Å². The standard InChI is InChI=1S/C14H22IN2O9P/c1-3-14(4-2,26-27(22,23)24)5-8-9(18)10(19)12(25-8)17-6-7(15)11(20)16-13(17)21/h6,8-10,12,18-19H,3-5H2,1-2H3,(H,16,20,21)(H2,22,23,24)/t8-,9-,10-,12-/m1/s1. The van der Waals surface area contributed by atoms with E-state index in [9.17, 15) is 34.2 Å². The fourth-order valence-corrected chi connectivity index (χ4v) is 4.37. The maximum Gasteiger partial charge on any atom is 0.470 e. The molecule has 0 amide bonds. The van der Waals surface area contributed by atoms with Crippen molar-refractivity contribution < 1.29 is 33.8 Å². The van der Waals surface area contributed by atoms with Crippen molar-refractivity contribution in [2.45, 2.75) is 63.3 Å². The molecule has 0 saturated carbocycles. The van der Waals surface area contributed by atoms with Crippen molar-refractivity contribution in [3.63, 3.8) is 0 Å². The molecule has 2 heterocycles. The van der Waals surface area contributed by atoms with E-state index >= 15 is 0 Å². The molecular formula is C14H22IN2O9P. The Kier molecular flexibility index (Phi) is 7.07. The monoisotopic (exact) mass is 520 g/mol. The molecule has 1 saturated heterocycles. The van der Waals surface area contributed by atoms with Crippen LogP contribution in [-0.2, 0) is 13.8 Å². The predicted octanol–water partition coefficient (Wildman–Crippen LogP) is -0.181. The zero-order valence-electron chi connectivity index (χ0n) is 14.6. The van der Waals surface area contributed by atoms with Gasteiger partial charge in [0.25, 0.3) is 5.56 Å². The van der Waals surface area contributed by atoms with Crippen LogP contribution in [0.2, 0.25) is 0 Å². The second-order valence-electron chi connectivity index (χ2n) is 6.37. The van der Waals surface area contributed by atoms with E-state index in [1.54, 1.807) is 36.4 Å². The first-order valence-electron chi connectivity index (χ1n) is 8.22. The van der Waals surface area contributed by atoms with Crippen LogP contribution in [0.3, 0.4) is 0 Å². The molecule has 13 heteroatoms. The van der Waals surface area contributed by atoms with Crippen LogP contribution < -0.4 is 11.2 Å². The Morgan fingerprint density at radius 3 is 2.41 bits per heavy atom. The smallest absolute Gasteiger partial charge is 0.388 e. The molecule has 1 fully saturated rings. The quantitative estimate of drug-likeness (QED) is 0.242. The summed E-state index contributed by atoms with van der Waals surface area (Å²) in [6.07, 6.45) is -3.71. The number of ether oxygens (including phenoxy) is 1. The van der Waals surface area contributed by atoms with Gasteiger partial charge in [0.05, 0.1) is 15.3 Å². The van der Waals surface area contributed by atoms with Crippen LogP contribution in [0.1, 0.15) is 39.3 Å². The van der Waals surface area contributed by atoms with Gasteiger partial charge in [-0.25, -0.2) is 9.36 Å². The highest BCUT2D eigenvalue weighted by Gasteiger charge is 2.48. The van der Waals surface area contributed by atoms with E-state index in [1.807, 2.05) is 0 Å². The van der Waals surface area contributed by atoms with Gasteiger partial charge in [-0.2, -0.15) is 0 Å². The molecule has 11 nitrogen and oxygen atoms in total. The van der Waals surface area contributed by atoms with Crippen molar-refractivity contribution in [3.8, 4) is 0 Å². The Labute approximate surface area is 167 Å². The third kappa shape index (κ3) is 5.07. The van der Waals surface area contributed by atoms with Gasteiger partial charge in [0.2, 0.25) is 0 Å². The first kappa shape index (κ1) is 22.7. The number of H-pyrrole nitrogens is 1. The fourth-order valence-electron chi connectivity index (χ4n) is 3.10. The zero-order chi connectivity index (χ0) is 20.6. The number of hydrogen-bond donors (Lipinski definition) is 5. The van der Waals surface area contributed by atoms with Crippen LogP contribution in [0.5, 0.6) is 0 Å². The number of hydrogen-bond acceptors (Lipinski definition) is 7. The fraction of sp³-hybridized carbons (Fsp3) is 0.714. The van der Waals surface area contributed by atoms with Gasteiger partial charge in [-0.3, -0.25) is 18.9 Å². The summed E-state index contributed by atoms with van der Waals surface area (Å²) in [4.78, 5) is 44.0. The Bertz CT molecular complexity index is 831. The molecule has 1 aliphatic heterocycles. The lowest BCUT2D eigenvalue weighted by molar-refractivity contribution is -0.0770. The van der Waals surface area contributed by atoms with E-state index < -0.39 is 49.2 Å². The molecule has 154 valence electrons. The highest BCUT2D eigenvalue weighted by atomic mass is 127. The van der Waals surface area contributed by atoms with Gasteiger partial charge in [-0.1, -0.05) is 13.8 Å². The molecule has 0 aliphatic carbocycles. The largest absolute Gasteiger partial charge is 0.470 e. The molecule has 2 rings (SSSR count). The molecule has 5 N–H and O–H groups in total. The predicted molar refractivity (Wildman–Crippen MR) is 101 cm³/mol. The number of aliphatic hydroxyl groups is 2. The first-order chi connectivity index (χ1) is 12.4. The van der Waals surface area contributed by atoms with Crippen molar-refractivity contribution in [2.75, 3.05) is 0 Å². The third-order valence-electron chi connectivity index (χ3n) is 4.71. The topological polar surface area (TPSA) is 171 Å². The molecule has 0 bridgehead atoms. The summed E-state index contributed by atoms with van der Waals surface area (Å²) in [5.41, 5.74) is -2.70. The summed E-state index contributed by atoms with van der Waals surface area (Å²) in [7, 11) is -4.80. The third-order valence-corrected chi connectivity index (χ3v) is 6.10. The first-order valence-corrected chi connectivity index (χ1v) is 10.8. The van der Waals surface area contributed by atoms with Gasteiger partial charge in [-0.05, 0) is 35.4 Å². The van der Waals surface area contributed by atoms with E-state index in [2.05, 4.69) is 4.98 Å². The van der Waals surface area contributed by atoms with E-state index in [-0.39, 0.29) is 22.8 Å². The molecule has 0 unspecified atom stereocenters. The van der Waals surface area contributed by atoms with E-state index in [0.717, 1.165) is 4.57 Å². The summed E-state index contributed by atoms with van der Waals surface area (Å²) >= 11 is 1.71. The minimum Gasteiger partial charge on any atom is -0.388 e. The minimum atomic E-state index is -4.80. The number of halogens is 1. The van der Waals surface area contributed by atoms with Crippen molar-refractivity contribution in [1.82, 2.24) is 9.55 Å².